The summed E-state index contributed by atoms with van der Waals surface area (Å²) in [5, 5.41) is 3.46. The first-order valence-electron chi connectivity index (χ1n) is 12.6. The van der Waals surface area contributed by atoms with Gasteiger partial charge in [0.05, 0.1) is 16.8 Å². The lowest BCUT2D eigenvalue weighted by molar-refractivity contribution is -0.126. The molecule has 1 atom stereocenters. The van der Waals surface area contributed by atoms with E-state index in [9.17, 15) is 9.59 Å². The summed E-state index contributed by atoms with van der Waals surface area (Å²) in [6.07, 6.45) is 4.51. The Balaban J connectivity index is 1.31. The molecule has 0 bridgehead atoms. The van der Waals surface area contributed by atoms with E-state index in [1.807, 2.05) is 60.4 Å². The lowest BCUT2D eigenvalue weighted by Crippen LogP contribution is -2.48. The van der Waals surface area contributed by atoms with E-state index >= 15 is 0 Å². The van der Waals surface area contributed by atoms with Gasteiger partial charge in [-0.3, -0.25) is 9.59 Å². The Bertz CT molecular complexity index is 1240. The second-order valence-electron chi connectivity index (χ2n) is 9.04. The van der Waals surface area contributed by atoms with Gasteiger partial charge in [-0.15, -0.1) is 0 Å². The summed E-state index contributed by atoms with van der Waals surface area (Å²) >= 11 is 6.59. The fraction of sp³-hybridized carbons (Fsp3) is 0.267. The minimum Gasteiger partial charge on any atom is -0.491 e. The van der Waals surface area contributed by atoms with Crippen LogP contribution in [-0.2, 0) is 4.79 Å². The van der Waals surface area contributed by atoms with Gasteiger partial charge in [0, 0.05) is 43.5 Å². The molecule has 1 unspecified atom stereocenters. The van der Waals surface area contributed by atoms with Crippen molar-refractivity contribution in [2.45, 2.75) is 26.4 Å². The Morgan fingerprint density at radius 2 is 1.70 bits per heavy atom. The van der Waals surface area contributed by atoms with Crippen LogP contribution < -0.4 is 15.0 Å². The fourth-order valence-corrected chi connectivity index (χ4v) is 4.35. The zero-order valence-corrected chi connectivity index (χ0v) is 21.9. The van der Waals surface area contributed by atoms with Crippen molar-refractivity contribution < 1.29 is 14.3 Å². The monoisotopic (exact) mass is 517 g/mol. The molecule has 3 aromatic rings. The Labute approximate surface area is 223 Å². The first-order valence-corrected chi connectivity index (χ1v) is 13.0. The van der Waals surface area contributed by atoms with Crippen molar-refractivity contribution in [3.8, 4) is 5.75 Å². The number of hydrogen-bond acceptors (Lipinski definition) is 4. The smallest absolute Gasteiger partial charge is 0.255 e. The summed E-state index contributed by atoms with van der Waals surface area (Å²) in [6.45, 7) is 6.67. The molecule has 7 heteroatoms. The number of halogens is 1. The van der Waals surface area contributed by atoms with Crippen molar-refractivity contribution in [2.75, 3.05) is 36.4 Å². The normalized spacial score (nSPS) is 14.5. The molecule has 37 heavy (non-hydrogen) atoms. The molecule has 0 aliphatic carbocycles. The van der Waals surface area contributed by atoms with Crippen LogP contribution >= 0.6 is 11.6 Å². The third-order valence-corrected chi connectivity index (χ3v) is 6.69. The van der Waals surface area contributed by atoms with E-state index < -0.39 is 0 Å². The highest BCUT2D eigenvalue weighted by molar-refractivity contribution is 6.33. The van der Waals surface area contributed by atoms with Gasteiger partial charge >= 0.3 is 0 Å². The molecule has 1 aliphatic heterocycles. The van der Waals surface area contributed by atoms with Crippen LogP contribution in [0.2, 0.25) is 5.02 Å². The molecule has 6 nitrogen and oxygen atoms in total. The van der Waals surface area contributed by atoms with Crippen molar-refractivity contribution >= 4 is 40.9 Å². The third kappa shape index (κ3) is 7.14. The maximum absolute atomic E-state index is 12.7. The van der Waals surface area contributed by atoms with E-state index in [0.717, 1.165) is 23.4 Å². The van der Waals surface area contributed by atoms with Crippen molar-refractivity contribution in [1.29, 1.82) is 0 Å². The van der Waals surface area contributed by atoms with Crippen LogP contribution in [0.3, 0.4) is 0 Å². The number of carbonyl (C=O) groups is 2. The SMILES string of the molecule is CCC(C)Oc1ccc(C(=O)Nc2ccc(N3CCN(C(=O)/C=C/c4ccccc4)CC3)c(Cl)c2)cc1. The zero-order chi connectivity index (χ0) is 26.2. The molecule has 1 heterocycles. The van der Waals surface area contributed by atoms with Gasteiger partial charge in [-0.1, -0.05) is 48.9 Å². The van der Waals surface area contributed by atoms with Gasteiger partial charge in [-0.2, -0.15) is 0 Å². The molecular weight excluding hydrogens is 486 g/mol. The predicted octanol–water partition coefficient (Wildman–Crippen LogP) is 6.13. The lowest BCUT2D eigenvalue weighted by atomic mass is 10.2. The van der Waals surface area contributed by atoms with E-state index in [4.69, 9.17) is 16.3 Å². The minimum absolute atomic E-state index is 0.00660. The molecule has 0 spiro atoms. The molecule has 3 aromatic carbocycles. The van der Waals surface area contributed by atoms with Crippen molar-refractivity contribution in [3.05, 3.63) is 95.0 Å². The second-order valence-corrected chi connectivity index (χ2v) is 9.44. The highest BCUT2D eigenvalue weighted by atomic mass is 35.5. The largest absolute Gasteiger partial charge is 0.491 e. The summed E-state index contributed by atoms with van der Waals surface area (Å²) in [5.74, 6) is 0.536. The highest BCUT2D eigenvalue weighted by Gasteiger charge is 2.21. The molecule has 4 rings (SSSR count). The average molecular weight is 518 g/mol. The number of nitrogens with zero attached hydrogens (tertiary/aromatic N) is 2. The molecular formula is C30H32ClN3O3. The number of hydrogen-bond donors (Lipinski definition) is 1. The molecule has 1 saturated heterocycles. The van der Waals surface area contributed by atoms with Crippen molar-refractivity contribution in [3.63, 3.8) is 0 Å². The molecule has 1 aliphatic rings. The number of amides is 2. The number of benzene rings is 3. The number of ether oxygens (including phenoxy) is 1. The zero-order valence-electron chi connectivity index (χ0n) is 21.2. The summed E-state index contributed by atoms with van der Waals surface area (Å²) < 4.78 is 5.77. The van der Waals surface area contributed by atoms with Crippen LogP contribution in [-0.4, -0.2) is 49.0 Å². The number of anilines is 2. The highest BCUT2D eigenvalue weighted by Crippen LogP contribution is 2.30. The maximum atomic E-state index is 12.7. The standard InChI is InChI=1S/C30H32ClN3O3/c1-3-22(2)37-26-13-10-24(11-14-26)30(36)32-25-12-15-28(27(31)21-25)33-17-19-34(20-18-33)29(35)16-9-23-7-5-4-6-8-23/h4-16,21-22H,3,17-20H2,1-2H3,(H,32,36)/b16-9+. The maximum Gasteiger partial charge on any atom is 0.255 e. The van der Waals surface area contributed by atoms with E-state index in [2.05, 4.69) is 17.1 Å². The van der Waals surface area contributed by atoms with Crippen molar-refractivity contribution in [1.82, 2.24) is 4.90 Å². The van der Waals surface area contributed by atoms with Crippen LogP contribution in [0, 0.1) is 0 Å². The quantitative estimate of drug-likeness (QED) is 0.365. The summed E-state index contributed by atoms with van der Waals surface area (Å²) in [7, 11) is 0. The first-order chi connectivity index (χ1) is 17.9. The van der Waals surface area contributed by atoms with Gasteiger partial charge in [0.1, 0.15) is 5.75 Å². The molecule has 0 radical (unpaired) electrons. The Hall–Kier alpha value is -3.77. The van der Waals surface area contributed by atoms with E-state index in [1.165, 1.54) is 0 Å². The second kappa shape index (κ2) is 12.5. The molecule has 0 aromatic heterocycles. The van der Waals surface area contributed by atoms with Gasteiger partial charge in [0.15, 0.2) is 0 Å². The van der Waals surface area contributed by atoms with Crippen LogP contribution in [0.1, 0.15) is 36.2 Å². The van der Waals surface area contributed by atoms with Crippen LogP contribution in [0.15, 0.2) is 78.9 Å². The topological polar surface area (TPSA) is 61.9 Å². The summed E-state index contributed by atoms with van der Waals surface area (Å²) in [5.41, 5.74) is 3.05. The molecule has 192 valence electrons. The fourth-order valence-electron chi connectivity index (χ4n) is 4.05. The molecule has 1 fully saturated rings. The number of nitrogens with one attached hydrogen (secondary N) is 1. The Kier molecular flexibility index (Phi) is 8.86. The van der Waals surface area contributed by atoms with Crippen LogP contribution in [0.25, 0.3) is 6.08 Å². The minimum atomic E-state index is -0.213. The van der Waals surface area contributed by atoms with E-state index in [1.54, 1.807) is 36.4 Å². The van der Waals surface area contributed by atoms with Gasteiger partial charge < -0.3 is 19.9 Å². The van der Waals surface area contributed by atoms with Gasteiger partial charge in [0.25, 0.3) is 5.91 Å². The van der Waals surface area contributed by atoms with E-state index in [0.29, 0.717) is 42.5 Å². The first kappa shape index (κ1) is 26.3. The Morgan fingerprint density at radius 1 is 1.00 bits per heavy atom. The third-order valence-electron chi connectivity index (χ3n) is 6.38. The van der Waals surface area contributed by atoms with Gasteiger partial charge in [-0.25, -0.2) is 0 Å². The van der Waals surface area contributed by atoms with Crippen LogP contribution in [0.5, 0.6) is 5.75 Å². The summed E-state index contributed by atoms with van der Waals surface area (Å²) in [6, 6.07) is 22.4. The predicted molar refractivity (Wildman–Crippen MR) is 150 cm³/mol. The summed E-state index contributed by atoms with van der Waals surface area (Å²) in [4.78, 5) is 29.3. The average Bonchev–Trinajstić information content (AvgIpc) is 2.93. The number of carbonyl (C=O) groups excluding carboxylic acids is 2. The number of rotatable bonds is 8. The van der Waals surface area contributed by atoms with Crippen LogP contribution in [0.4, 0.5) is 11.4 Å². The lowest BCUT2D eigenvalue weighted by Gasteiger charge is -2.36. The van der Waals surface area contributed by atoms with Gasteiger partial charge in [-0.05, 0) is 67.4 Å². The Morgan fingerprint density at radius 3 is 2.35 bits per heavy atom. The van der Waals surface area contributed by atoms with Crippen molar-refractivity contribution in [2.24, 2.45) is 0 Å². The molecule has 1 N–H and O–H groups in total. The number of piperazine rings is 1. The molecule has 0 saturated carbocycles. The van der Waals surface area contributed by atoms with Gasteiger partial charge in [0.2, 0.25) is 5.91 Å². The molecule has 2 amide bonds. The van der Waals surface area contributed by atoms with E-state index in [-0.39, 0.29) is 17.9 Å².